The van der Waals surface area contributed by atoms with Gasteiger partial charge in [-0.1, -0.05) is 311 Å². The number of unbranched alkanes of at least 4 members (excludes halogenated alkanes) is 42. The van der Waals surface area contributed by atoms with Gasteiger partial charge in [0.05, 0.1) is 26.4 Å². The summed E-state index contributed by atoms with van der Waals surface area (Å²) in [5.41, 5.74) is 0. The lowest BCUT2D eigenvalue weighted by molar-refractivity contribution is -0.161. The van der Waals surface area contributed by atoms with Crippen LogP contribution in [0.25, 0.3) is 0 Å². The van der Waals surface area contributed by atoms with Crippen molar-refractivity contribution in [2.45, 2.75) is 380 Å². The fourth-order valence-corrected chi connectivity index (χ4v) is 12.2. The third-order valence-corrected chi connectivity index (χ3v) is 18.2. The van der Waals surface area contributed by atoms with Crippen molar-refractivity contribution in [1.82, 2.24) is 0 Å². The first kappa shape index (κ1) is 87.1. The lowest BCUT2D eigenvalue weighted by Crippen LogP contribution is -2.30. The second-order valence-corrected chi connectivity index (χ2v) is 28.7. The topological polar surface area (TPSA) is 237 Å². The molecule has 3 N–H and O–H groups in total. The minimum absolute atomic E-state index is 0.106. The quantitative estimate of drug-likeness (QED) is 0.0222. The molecule has 0 rings (SSSR count). The van der Waals surface area contributed by atoms with Crippen LogP contribution in [-0.2, 0) is 65.4 Å². The summed E-state index contributed by atoms with van der Waals surface area (Å²) in [6.45, 7) is 7.12. The number of hydrogen-bond acceptors (Lipinski definition) is 15. The van der Waals surface area contributed by atoms with Crippen LogP contribution in [0.1, 0.15) is 362 Å². The first-order chi connectivity index (χ1) is 43.0. The summed E-state index contributed by atoms with van der Waals surface area (Å²) in [6.07, 6.45) is 50.4. The SMILES string of the molecule is CCCCCCCCCCCCCCCCCCCCCCCCC(=O)O[C@H](COC(=O)CCCCCCCCC(C)C)COP(=O)(O)OC[C@@H](O)COP(=O)(O)OC[C@@H](COC(=O)CCCCCCCCCCC)OC(=O)CCCCCCCCCCC. The van der Waals surface area contributed by atoms with Crippen molar-refractivity contribution in [3.8, 4) is 0 Å². The molecule has 0 saturated carbocycles. The van der Waals surface area contributed by atoms with Gasteiger partial charge in [0.15, 0.2) is 12.2 Å². The molecule has 0 spiro atoms. The zero-order chi connectivity index (χ0) is 65.6. The molecule has 0 radical (unpaired) electrons. The highest BCUT2D eigenvalue weighted by atomic mass is 31.2. The molecule has 0 bridgehead atoms. The lowest BCUT2D eigenvalue weighted by atomic mass is 10.0. The Balaban J connectivity index is 5.08. The number of phosphoric ester groups is 2. The van der Waals surface area contributed by atoms with E-state index in [0.717, 1.165) is 96.3 Å². The van der Waals surface area contributed by atoms with E-state index in [4.69, 9.17) is 37.0 Å². The summed E-state index contributed by atoms with van der Waals surface area (Å²) >= 11 is 0. The second-order valence-electron chi connectivity index (χ2n) is 25.7. The zero-order valence-corrected chi connectivity index (χ0v) is 59.4. The Kier molecular flexibility index (Phi) is 62.1. The van der Waals surface area contributed by atoms with Gasteiger partial charge in [0.25, 0.3) is 0 Å². The second kappa shape index (κ2) is 63.5. The summed E-state index contributed by atoms with van der Waals surface area (Å²) in [5, 5.41) is 10.6. The Bertz CT molecular complexity index is 1720. The Labute approximate surface area is 543 Å². The standard InChI is InChI=1S/C70H136O17P2/c1-6-9-12-15-18-21-22-23-24-25-26-27-28-29-30-31-32-33-36-39-46-51-56-70(75)87-66(60-81-68(73)54-49-44-41-40-42-47-52-63(4)5)62-85-89(78,79)83-58-64(71)57-82-88(76,77)84-61-65(86-69(74)55-50-45-38-35-20-17-14-11-8-3)59-80-67(72)53-48-43-37-34-19-16-13-10-7-2/h63-66,71H,6-62H2,1-5H3,(H,76,77)(H,78,79)/t64-,65+,66+/m0/s1. The van der Waals surface area contributed by atoms with Gasteiger partial charge in [-0.15, -0.1) is 0 Å². The number of aliphatic hydroxyl groups excluding tert-OH is 1. The summed E-state index contributed by atoms with van der Waals surface area (Å²) < 4.78 is 68.1. The monoisotopic (exact) mass is 1310 g/mol. The van der Waals surface area contributed by atoms with Crippen LogP contribution in [0.15, 0.2) is 0 Å². The maximum absolute atomic E-state index is 13.0. The molecule has 528 valence electrons. The van der Waals surface area contributed by atoms with Gasteiger partial charge in [0.1, 0.15) is 19.3 Å². The number of carbonyl (C=O) groups is 4. The van der Waals surface area contributed by atoms with E-state index in [2.05, 4.69) is 34.6 Å². The molecule has 0 heterocycles. The first-order valence-corrected chi connectivity index (χ1v) is 39.6. The molecule has 17 nitrogen and oxygen atoms in total. The van der Waals surface area contributed by atoms with E-state index in [0.29, 0.717) is 31.6 Å². The molecule has 0 aliphatic rings. The lowest BCUT2D eigenvalue weighted by Gasteiger charge is -2.21. The minimum atomic E-state index is -4.95. The van der Waals surface area contributed by atoms with Crippen molar-refractivity contribution < 1.29 is 80.2 Å². The van der Waals surface area contributed by atoms with Gasteiger partial charge in [-0.2, -0.15) is 0 Å². The zero-order valence-electron chi connectivity index (χ0n) is 57.6. The normalized spacial score (nSPS) is 14.1. The maximum Gasteiger partial charge on any atom is 0.472 e. The van der Waals surface area contributed by atoms with E-state index < -0.39 is 97.5 Å². The van der Waals surface area contributed by atoms with Crippen LogP contribution in [0.5, 0.6) is 0 Å². The minimum Gasteiger partial charge on any atom is -0.462 e. The van der Waals surface area contributed by atoms with Crippen LogP contribution in [-0.4, -0.2) is 96.7 Å². The average Bonchev–Trinajstić information content (AvgIpc) is 3.72. The van der Waals surface area contributed by atoms with Crippen molar-refractivity contribution in [3.63, 3.8) is 0 Å². The van der Waals surface area contributed by atoms with Crippen molar-refractivity contribution >= 4 is 39.5 Å². The Morgan fingerprint density at radius 1 is 0.303 bits per heavy atom. The molecular formula is C70H136O17P2. The molecule has 89 heavy (non-hydrogen) atoms. The molecule has 0 aromatic rings. The van der Waals surface area contributed by atoms with Gasteiger partial charge in [-0.05, 0) is 31.6 Å². The third-order valence-electron chi connectivity index (χ3n) is 16.3. The van der Waals surface area contributed by atoms with E-state index in [1.54, 1.807) is 0 Å². The number of aliphatic hydroxyl groups is 1. The molecule has 2 unspecified atom stereocenters. The largest absolute Gasteiger partial charge is 0.472 e. The van der Waals surface area contributed by atoms with Crippen LogP contribution >= 0.6 is 15.6 Å². The average molecular weight is 1310 g/mol. The smallest absolute Gasteiger partial charge is 0.462 e. The van der Waals surface area contributed by atoms with Gasteiger partial charge in [-0.3, -0.25) is 37.3 Å². The highest BCUT2D eigenvalue weighted by Gasteiger charge is 2.30. The van der Waals surface area contributed by atoms with Crippen LogP contribution in [0.2, 0.25) is 0 Å². The fraction of sp³-hybridized carbons (Fsp3) is 0.943. The van der Waals surface area contributed by atoms with E-state index in [1.165, 1.54) is 180 Å². The van der Waals surface area contributed by atoms with Crippen LogP contribution in [0, 0.1) is 5.92 Å². The molecule has 0 aromatic heterocycles. The number of esters is 4. The number of ether oxygens (including phenoxy) is 4. The van der Waals surface area contributed by atoms with Crippen LogP contribution in [0.3, 0.4) is 0 Å². The number of phosphoric acid groups is 2. The molecular weight excluding hydrogens is 1170 g/mol. The predicted molar refractivity (Wildman–Crippen MR) is 358 cm³/mol. The highest BCUT2D eigenvalue weighted by molar-refractivity contribution is 7.47. The van der Waals surface area contributed by atoms with Gasteiger partial charge >= 0.3 is 39.5 Å². The Morgan fingerprint density at radius 3 is 0.764 bits per heavy atom. The fourth-order valence-electron chi connectivity index (χ4n) is 10.6. The molecule has 0 aromatic carbocycles. The molecule has 0 saturated heterocycles. The van der Waals surface area contributed by atoms with E-state index in [9.17, 15) is 43.2 Å². The molecule has 0 amide bonds. The van der Waals surface area contributed by atoms with Gasteiger partial charge in [-0.25, -0.2) is 9.13 Å². The summed E-state index contributed by atoms with van der Waals surface area (Å²) in [7, 11) is -9.89. The third kappa shape index (κ3) is 64.6. The van der Waals surface area contributed by atoms with Crippen molar-refractivity contribution in [2.75, 3.05) is 39.6 Å². The highest BCUT2D eigenvalue weighted by Crippen LogP contribution is 2.45. The van der Waals surface area contributed by atoms with Crippen LogP contribution < -0.4 is 0 Å². The van der Waals surface area contributed by atoms with Gasteiger partial charge in [0.2, 0.25) is 0 Å². The van der Waals surface area contributed by atoms with Crippen molar-refractivity contribution in [1.29, 1.82) is 0 Å². The van der Waals surface area contributed by atoms with E-state index in [1.807, 2.05) is 0 Å². The van der Waals surface area contributed by atoms with Crippen molar-refractivity contribution in [2.24, 2.45) is 5.92 Å². The Morgan fingerprint density at radius 2 is 0.517 bits per heavy atom. The number of rotatable bonds is 70. The van der Waals surface area contributed by atoms with Crippen molar-refractivity contribution in [3.05, 3.63) is 0 Å². The molecule has 5 atom stereocenters. The molecule has 19 heteroatoms. The molecule has 0 fully saturated rings. The first-order valence-electron chi connectivity index (χ1n) is 36.6. The molecule has 0 aliphatic carbocycles. The van der Waals surface area contributed by atoms with E-state index >= 15 is 0 Å². The van der Waals surface area contributed by atoms with Crippen LogP contribution in [0.4, 0.5) is 0 Å². The predicted octanol–water partition coefficient (Wildman–Crippen LogP) is 20.1. The summed E-state index contributed by atoms with van der Waals surface area (Å²) in [4.78, 5) is 72.3. The number of hydrogen-bond donors (Lipinski definition) is 3. The van der Waals surface area contributed by atoms with E-state index in [-0.39, 0.29) is 25.7 Å². The van der Waals surface area contributed by atoms with Gasteiger partial charge < -0.3 is 33.8 Å². The maximum atomic E-state index is 13.0. The van der Waals surface area contributed by atoms with Gasteiger partial charge in [0, 0.05) is 25.7 Å². The number of carbonyl (C=O) groups excluding carboxylic acids is 4. The summed E-state index contributed by atoms with van der Waals surface area (Å²) in [6, 6.07) is 0. The summed E-state index contributed by atoms with van der Waals surface area (Å²) in [5.74, 6) is -1.45. The Hall–Kier alpha value is -1.94. The molecule has 0 aliphatic heterocycles.